The van der Waals surface area contributed by atoms with Gasteiger partial charge in [0.2, 0.25) is 0 Å². The van der Waals surface area contributed by atoms with Crippen LogP contribution in [0.25, 0.3) is 0 Å². The number of ether oxygens (including phenoxy) is 2. The third-order valence-corrected chi connectivity index (χ3v) is 7.51. The van der Waals surface area contributed by atoms with Gasteiger partial charge in [-0.1, -0.05) is 78.6 Å². The minimum Gasteiger partial charge on any atom is -0.748 e. The molecule has 0 N–H and O–H groups in total. The van der Waals surface area contributed by atoms with Gasteiger partial charge in [-0.25, -0.2) is 8.42 Å². The molecule has 0 radical (unpaired) electrons. The Morgan fingerprint density at radius 3 is 1.47 bits per heavy atom. The molecular formula is C27H57NO5S. The highest BCUT2D eigenvalue weighted by atomic mass is 32.2. The van der Waals surface area contributed by atoms with Gasteiger partial charge in [-0.2, -0.15) is 0 Å². The van der Waals surface area contributed by atoms with Gasteiger partial charge in [0.1, 0.15) is 6.54 Å². The van der Waals surface area contributed by atoms with Crippen molar-refractivity contribution in [2.75, 3.05) is 58.4 Å². The molecule has 0 heterocycles. The molecule has 0 aliphatic rings. The Kier molecular flexibility index (Phi) is 23.1. The Morgan fingerprint density at radius 2 is 0.971 bits per heavy atom. The molecule has 0 saturated carbocycles. The third-order valence-electron chi connectivity index (χ3n) is 6.72. The van der Waals surface area contributed by atoms with Gasteiger partial charge in [0.05, 0.1) is 49.6 Å². The number of unbranched alkanes of at least 4 members (excludes halogenated alkanes) is 11. The Labute approximate surface area is 212 Å². The van der Waals surface area contributed by atoms with E-state index in [1.165, 1.54) is 64.2 Å². The molecule has 0 saturated heterocycles. The van der Waals surface area contributed by atoms with E-state index in [9.17, 15) is 13.0 Å². The van der Waals surface area contributed by atoms with E-state index in [1.54, 1.807) is 0 Å². The molecule has 0 atom stereocenters. The van der Waals surface area contributed by atoms with Crippen LogP contribution in [0.1, 0.15) is 117 Å². The van der Waals surface area contributed by atoms with Crippen molar-refractivity contribution in [3.8, 4) is 0 Å². The lowest BCUT2D eigenvalue weighted by atomic mass is 10.1. The van der Waals surface area contributed by atoms with Gasteiger partial charge in [0.15, 0.2) is 0 Å². The largest absolute Gasteiger partial charge is 0.748 e. The van der Waals surface area contributed by atoms with Gasteiger partial charge in [0, 0.05) is 18.8 Å². The third kappa shape index (κ3) is 22.3. The summed E-state index contributed by atoms with van der Waals surface area (Å²) < 4.78 is 46.1. The molecule has 0 rings (SSSR count). The van der Waals surface area contributed by atoms with Crippen LogP contribution in [0, 0.1) is 0 Å². The summed E-state index contributed by atoms with van der Waals surface area (Å²) in [5.41, 5.74) is 0. The summed E-state index contributed by atoms with van der Waals surface area (Å²) in [5, 5.41) is 0. The summed E-state index contributed by atoms with van der Waals surface area (Å²) in [7, 11) is -4.17. The molecule has 0 amide bonds. The highest BCUT2D eigenvalue weighted by molar-refractivity contribution is 7.85. The fourth-order valence-corrected chi connectivity index (χ4v) is 5.01. The van der Waals surface area contributed by atoms with Crippen molar-refractivity contribution in [2.45, 2.75) is 117 Å². The standard InChI is InChI=1S/C27H57NO5S/c1-4-7-10-12-14-16-19-28(21-18-27-34(29,30)31,20-17-15-13-11-8-5-2)22-24-33-26-25-32-23-9-6-3/h4-27H2,1-3H3. The molecule has 34 heavy (non-hydrogen) atoms. The van der Waals surface area contributed by atoms with E-state index < -0.39 is 10.1 Å². The van der Waals surface area contributed by atoms with Gasteiger partial charge in [0.25, 0.3) is 0 Å². The van der Waals surface area contributed by atoms with E-state index in [-0.39, 0.29) is 5.75 Å². The topological polar surface area (TPSA) is 75.7 Å². The molecule has 0 aromatic heterocycles. The van der Waals surface area contributed by atoms with E-state index in [1.807, 2.05) is 0 Å². The number of quaternary nitrogens is 1. The molecule has 6 nitrogen and oxygen atoms in total. The average Bonchev–Trinajstić information content (AvgIpc) is 2.79. The van der Waals surface area contributed by atoms with Crippen LogP contribution in [0.15, 0.2) is 0 Å². The minimum atomic E-state index is -4.17. The molecular weight excluding hydrogens is 450 g/mol. The van der Waals surface area contributed by atoms with Crippen LogP contribution in [0.2, 0.25) is 0 Å². The summed E-state index contributed by atoms with van der Waals surface area (Å²) in [6.45, 7) is 13.1. The zero-order valence-electron chi connectivity index (χ0n) is 22.9. The van der Waals surface area contributed by atoms with Crippen LogP contribution in [-0.4, -0.2) is 75.8 Å². The first-order valence-corrected chi connectivity index (χ1v) is 15.9. The first-order chi connectivity index (χ1) is 16.4. The summed E-state index contributed by atoms with van der Waals surface area (Å²) in [4.78, 5) is 0. The Balaban J connectivity index is 4.84. The zero-order valence-corrected chi connectivity index (χ0v) is 23.7. The zero-order chi connectivity index (χ0) is 25.4. The van der Waals surface area contributed by atoms with Crippen LogP contribution >= 0.6 is 0 Å². The summed E-state index contributed by atoms with van der Waals surface area (Å²) >= 11 is 0. The lowest BCUT2D eigenvalue weighted by Crippen LogP contribution is -2.52. The quantitative estimate of drug-likeness (QED) is 0.0741. The summed E-state index contributed by atoms with van der Waals surface area (Å²) in [6.07, 6.45) is 17.7. The SMILES string of the molecule is CCCCCCCC[N+](CCCCCCCC)(CCCS(=O)(=O)[O-])CCOCCOCCCC. The van der Waals surface area contributed by atoms with Crippen molar-refractivity contribution < 1.29 is 26.9 Å². The fourth-order valence-electron chi connectivity index (χ4n) is 4.53. The monoisotopic (exact) mass is 507 g/mol. The van der Waals surface area contributed by atoms with Gasteiger partial charge in [-0.3, -0.25) is 0 Å². The number of hydrogen-bond donors (Lipinski definition) is 0. The first kappa shape index (κ1) is 33.8. The molecule has 206 valence electrons. The van der Waals surface area contributed by atoms with Gasteiger partial charge < -0.3 is 18.5 Å². The molecule has 0 aromatic carbocycles. The van der Waals surface area contributed by atoms with Crippen molar-refractivity contribution in [3.63, 3.8) is 0 Å². The molecule has 0 fully saturated rings. The van der Waals surface area contributed by atoms with Crippen molar-refractivity contribution in [1.82, 2.24) is 0 Å². The predicted octanol–water partition coefficient (Wildman–Crippen LogP) is 6.29. The molecule has 0 aromatic rings. The molecule has 0 spiro atoms. The maximum Gasteiger partial charge on any atom is 0.102 e. The number of rotatable bonds is 27. The molecule has 0 bridgehead atoms. The molecule has 7 heteroatoms. The second-order valence-corrected chi connectivity index (χ2v) is 11.5. The lowest BCUT2D eigenvalue weighted by molar-refractivity contribution is -0.929. The van der Waals surface area contributed by atoms with Gasteiger partial charge in [-0.05, 0) is 32.1 Å². The van der Waals surface area contributed by atoms with Crippen LogP contribution in [0.4, 0.5) is 0 Å². The molecule has 0 aliphatic carbocycles. The van der Waals surface area contributed by atoms with Crippen molar-refractivity contribution >= 4 is 10.1 Å². The van der Waals surface area contributed by atoms with Crippen molar-refractivity contribution in [1.29, 1.82) is 0 Å². The maximum absolute atomic E-state index is 11.2. The van der Waals surface area contributed by atoms with Gasteiger partial charge >= 0.3 is 0 Å². The smallest absolute Gasteiger partial charge is 0.102 e. The first-order valence-electron chi connectivity index (χ1n) is 14.3. The number of nitrogens with zero attached hydrogens (tertiary/aromatic N) is 1. The highest BCUT2D eigenvalue weighted by Gasteiger charge is 2.26. The Bertz CT molecular complexity index is 511. The highest BCUT2D eigenvalue weighted by Crippen LogP contribution is 2.17. The van der Waals surface area contributed by atoms with Crippen LogP contribution in [0.3, 0.4) is 0 Å². The van der Waals surface area contributed by atoms with E-state index in [0.717, 1.165) is 63.0 Å². The minimum absolute atomic E-state index is 0.258. The second-order valence-electron chi connectivity index (χ2n) is 9.97. The number of hydrogen-bond acceptors (Lipinski definition) is 5. The fraction of sp³-hybridized carbons (Fsp3) is 1.00. The molecule has 0 aliphatic heterocycles. The van der Waals surface area contributed by atoms with Crippen molar-refractivity contribution in [2.24, 2.45) is 0 Å². The Morgan fingerprint density at radius 1 is 0.529 bits per heavy atom. The lowest BCUT2D eigenvalue weighted by Gasteiger charge is -2.39. The normalized spacial score (nSPS) is 12.5. The van der Waals surface area contributed by atoms with E-state index >= 15 is 0 Å². The Hall–Kier alpha value is -0.210. The summed E-state index contributed by atoms with van der Waals surface area (Å²) in [6, 6.07) is 0. The van der Waals surface area contributed by atoms with Crippen molar-refractivity contribution in [3.05, 3.63) is 0 Å². The van der Waals surface area contributed by atoms with E-state index in [2.05, 4.69) is 20.8 Å². The summed E-state index contributed by atoms with van der Waals surface area (Å²) in [5.74, 6) is -0.258. The van der Waals surface area contributed by atoms with E-state index in [4.69, 9.17) is 9.47 Å². The van der Waals surface area contributed by atoms with Crippen LogP contribution < -0.4 is 0 Å². The second kappa shape index (κ2) is 23.2. The average molecular weight is 508 g/mol. The predicted molar refractivity (Wildman–Crippen MR) is 142 cm³/mol. The van der Waals surface area contributed by atoms with Crippen LogP contribution in [-0.2, 0) is 19.6 Å². The van der Waals surface area contributed by atoms with Crippen LogP contribution in [0.5, 0.6) is 0 Å². The molecule has 0 unspecified atom stereocenters. The van der Waals surface area contributed by atoms with E-state index in [0.29, 0.717) is 26.2 Å². The van der Waals surface area contributed by atoms with Gasteiger partial charge in [-0.15, -0.1) is 0 Å². The maximum atomic E-state index is 11.2.